The maximum absolute atomic E-state index is 12.2. The highest BCUT2D eigenvalue weighted by Gasteiger charge is 2.21. The molecule has 5 nitrogen and oxygen atoms in total. The summed E-state index contributed by atoms with van der Waals surface area (Å²) in [4.78, 5) is 26.9. The van der Waals surface area contributed by atoms with Crippen molar-refractivity contribution in [1.29, 1.82) is 0 Å². The first-order chi connectivity index (χ1) is 10.0. The summed E-state index contributed by atoms with van der Waals surface area (Å²) in [7, 11) is 0. The predicted molar refractivity (Wildman–Crippen MR) is 81.7 cm³/mol. The van der Waals surface area contributed by atoms with Gasteiger partial charge in [0, 0.05) is 32.6 Å². The van der Waals surface area contributed by atoms with Crippen LogP contribution in [-0.4, -0.2) is 54.3 Å². The van der Waals surface area contributed by atoms with E-state index in [1.807, 2.05) is 15.9 Å². The third kappa shape index (κ3) is 4.86. The van der Waals surface area contributed by atoms with Crippen molar-refractivity contribution in [2.24, 2.45) is 5.73 Å². The van der Waals surface area contributed by atoms with Gasteiger partial charge in [-0.3, -0.25) is 14.5 Å². The summed E-state index contributed by atoms with van der Waals surface area (Å²) >= 11 is 0. The van der Waals surface area contributed by atoms with Crippen molar-refractivity contribution in [2.75, 3.05) is 32.7 Å². The summed E-state index contributed by atoms with van der Waals surface area (Å²) < 4.78 is 0. The van der Waals surface area contributed by atoms with Gasteiger partial charge in [0.25, 0.3) is 0 Å². The van der Waals surface area contributed by atoms with Crippen LogP contribution in [0.15, 0.2) is 24.3 Å². The normalized spacial score (nSPS) is 16.0. The van der Waals surface area contributed by atoms with E-state index in [0.29, 0.717) is 19.5 Å². The Morgan fingerprint density at radius 3 is 2.52 bits per heavy atom. The van der Waals surface area contributed by atoms with E-state index in [2.05, 4.69) is 25.1 Å². The van der Waals surface area contributed by atoms with Crippen molar-refractivity contribution in [2.45, 2.75) is 19.8 Å². The first-order valence-electron chi connectivity index (χ1n) is 7.38. The van der Waals surface area contributed by atoms with Crippen LogP contribution in [0.5, 0.6) is 0 Å². The topological polar surface area (TPSA) is 66.6 Å². The van der Waals surface area contributed by atoms with Crippen LogP contribution < -0.4 is 5.73 Å². The molecule has 1 fully saturated rings. The Hall–Kier alpha value is -1.88. The highest BCUT2D eigenvalue weighted by Crippen LogP contribution is 2.09. The predicted octanol–water partition coefficient (Wildman–Crippen LogP) is 0.557. The highest BCUT2D eigenvalue weighted by molar-refractivity contribution is 5.77. The van der Waals surface area contributed by atoms with Crippen LogP contribution in [0.2, 0.25) is 0 Å². The van der Waals surface area contributed by atoms with Crippen LogP contribution in [-0.2, 0) is 16.0 Å². The number of benzene rings is 1. The number of hydrogen-bond acceptors (Lipinski definition) is 3. The Balaban J connectivity index is 1.76. The van der Waals surface area contributed by atoms with Gasteiger partial charge >= 0.3 is 0 Å². The molecule has 5 heteroatoms. The Morgan fingerprint density at radius 1 is 1.19 bits per heavy atom. The summed E-state index contributed by atoms with van der Waals surface area (Å²) in [6.45, 7) is 5.15. The fourth-order valence-electron chi connectivity index (χ4n) is 2.65. The summed E-state index contributed by atoms with van der Waals surface area (Å²) in [5.41, 5.74) is 7.61. The Labute approximate surface area is 125 Å². The average molecular weight is 289 g/mol. The van der Waals surface area contributed by atoms with Crippen molar-refractivity contribution >= 4 is 11.8 Å². The molecule has 2 amide bonds. The Bertz CT molecular complexity index is 508. The number of hydrogen-bond donors (Lipinski definition) is 1. The largest absolute Gasteiger partial charge is 0.369 e. The monoisotopic (exact) mass is 289 g/mol. The zero-order chi connectivity index (χ0) is 15.2. The van der Waals surface area contributed by atoms with Gasteiger partial charge in [-0.1, -0.05) is 29.8 Å². The molecular formula is C16H23N3O2. The molecule has 114 valence electrons. The zero-order valence-corrected chi connectivity index (χ0v) is 12.5. The zero-order valence-electron chi connectivity index (χ0n) is 12.5. The van der Waals surface area contributed by atoms with Gasteiger partial charge in [-0.15, -0.1) is 0 Å². The summed E-state index contributed by atoms with van der Waals surface area (Å²) in [5.74, 6) is -0.121. The average Bonchev–Trinajstić information content (AvgIpc) is 2.45. The number of primary amides is 1. The second-order valence-corrected chi connectivity index (χ2v) is 5.61. The van der Waals surface area contributed by atoms with Gasteiger partial charge in [-0.05, 0) is 18.9 Å². The van der Waals surface area contributed by atoms with Gasteiger partial charge < -0.3 is 10.6 Å². The molecular weight excluding hydrogens is 266 g/mol. The molecule has 2 rings (SSSR count). The number of rotatable bonds is 5. The number of nitrogens with zero attached hydrogens (tertiary/aromatic N) is 2. The second kappa shape index (κ2) is 7.22. The van der Waals surface area contributed by atoms with Crippen molar-refractivity contribution in [3.63, 3.8) is 0 Å². The maximum atomic E-state index is 12.2. The third-order valence-corrected chi connectivity index (χ3v) is 3.81. The van der Waals surface area contributed by atoms with Crippen molar-refractivity contribution in [3.05, 3.63) is 35.4 Å². The second-order valence-electron chi connectivity index (χ2n) is 5.61. The van der Waals surface area contributed by atoms with E-state index >= 15 is 0 Å². The fraction of sp³-hybridized carbons (Fsp3) is 0.500. The quantitative estimate of drug-likeness (QED) is 0.861. The molecule has 0 spiro atoms. The molecule has 0 radical (unpaired) electrons. The lowest BCUT2D eigenvalue weighted by Gasteiger charge is -2.34. The minimum absolute atomic E-state index is 0.190. The number of nitrogens with two attached hydrogens (primary N) is 1. The van der Waals surface area contributed by atoms with E-state index in [1.54, 1.807) is 0 Å². The van der Waals surface area contributed by atoms with E-state index in [9.17, 15) is 9.59 Å². The standard InChI is InChI=1S/C16H23N3O2/c1-13-3-2-4-14(11-13)5-6-16(21)19-9-7-18(8-10-19)12-15(17)20/h2-4,11H,5-10,12H2,1H3,(H2,17,20). The molecule has 0 bridgehead atoms. The van der Waals surface area contributed by atoms with Gasteiger partial charge in [-0.25, -0.2) is 0 Å². The van der Waals surface area contributed by atoms with Crippen LogP contribution >= 0.6 is 0 Å². The molecule has 1 aliphatic heterocycles. The number of aryl methyl sites for hydroxylation is 2. The summed E-state index contributed by atoms with van der Waals surface area (Å²) in [6, 6.07) is 8.27. The third-order valence-electron chi connectivity index (χ3n) is 3.81. The number of carbonyl (C=O) groups is 2. The molecule has 1 heterocycles. The molecule has 1 aromatic rings. The van der Waals surface area contributed by atoms with Crippen molar-refractivity contribution in [1.82, 2.24) is 9.80 Å². The number of piperazine rings is 1. The lowest BCUT2D eigenvalue weighted by atomic mass is 10.1. The van der Waals surface area contributed by atoms with Gasteiger partial charge in [0.15, 0.2) is 0 Å². The first kappa shape index (κ1) is 15.5. The Kier molecular flexibility index (Phi) is 5.33. The molecule has 0 aliphatic carbocycles. The molecule has 0 aromatic heterocycles. The highest BCUT2D eigenvalue weighted by atomic mass is 16.2. The molecule has 21 heavy (non-hydrogen) atoms. The van der Waals surface area contributed by atoms with Gasteiger partial charge in [-0.2, -0.15) is 0 Å². The number of carbonyl (C=O) groups excluding carboxylic acids is 2. The smallest absolute Gasteiger partial charge is 0.231 e. The van der Waals surface area contributed by atoms with Crippen LogP contribution in [0.1, 0.15) is 17.5 Å². The summed E-state index contributed by atoms with van der Waals surface area (Å²) in [5, 5.41) is 0. The molecule has 1 saturated heterocycles. The lowest BCUT2D eigenvalue weighted by Crippen LogP contribution is -2.50. The van der Waals surface area contributed by atoms with E-state index in [-0.39, 0.29) is 18.4 Å². The molecule has 1 aliphatic rings. The van der Waals surface area contributed by atoms with Crippen LogP contribution in [0, 0.1) is 6.92 Å². The van der Waals surface area contributed by atoms with Crippen LogP contribution in [0.3, 0.4) is 0 Å². The van der Waals surface area contributed by atoms with E-state index in [1.165, 1.54) is 11.1 Å². The summed E-state index contributed by atoms with van der Waals surface area (Å²) in [6.07, 6.45) is 1.32. The fourth-order valence-corrected chi connectivity index (χ4v) is 2.65. The molecule has 0 atom stereocenters. The minimum Gasteiger partial charge on any atom is -0.369 e. The molecule has 0 unspecified atom stereocenters. The van der Waals surface area contributed by atoms with Gasteiger partial charge in [0.05, 0.1) is 6.54 Å². The Morgan fingerprint density at radius 2 is 1.90 bits per heavy atom. The van der Waals surface area contributed by atoms with Crippen LogP contribution in [0.25, 0.3) is 0 Å². The first-order valence-corrected chi connectivity index (χ1v) is 7.38. The minimum atomic E-state index is -0.311. The lowest BCUT2D eigenvalue weighted by molar-refractivity contribution is -0.133. The van der Waals surface area contributed by atoms with Crippen LogP contribution in [0.4, 0.5) is 0 Å². The SMILES string of the molecule is Cc1cccc(CCC(=O)N2CCN(CC(N)=O)CC2)c1. The van der Waals surface area contributed by atoms with Crippen molar-refractivity contribution < 1.29 is 9.59 Å². The number of amides is 2. The molecule has 2 N–H and O–H groups in total. The molecule has 1 aromatic carbocycles. The van der Waals surface area contributed by atoms with Gasteiger partial charge in [0.2, 0.25) is 11.8 Å². The molecule has 0 saturated carbocycles. The van der Waals surface area contributed by atoms with E-state index in [4.69, 9.17) is 5.73 Å². The van der Waals surface area contributed by atoms with E-state index in [0.717, 1.165) is 19.5 Å². The maximum Gasteiger partial charge on any atom is 0.231 e. The van der Waals surface area contributed by atoms with Crippen molar-refractivity contribution in [3.8, 4) is 0 Å². The van der Waals surface area contributed by atoms with Gasteiger partial charge in [0.1, 0.15) is 0 Å². The van der Waals surface area contributed by atoms with E-state index < -0.39 is 0 Å².